The Morgan fingerprint density at radius 3 is 2.53 bits per heavy atom. The average Bonchev–Trinajstić information content (AvgIpc) is 2.29. The molecule has 0 aliphatic heterocycles. The van der Waals surface area contributed by atoms with Crippen LogP contribution in [0.5, 0.6) is 0 Å². The molecule has 0 aliphatic carbocycles. The van der Waals surface area contributed by atoms with E-state index >= 15 is 0 Å². The maximum Gasteiger partial charge on any atom is 0.796 e. The van der Waals surface area contributed by atoms with Gasteiger partial charge in [-0.2, -0.15) is 0 Å². The molecule has 0 amide bonds. The third-order valence-electron chi connectivity index (χ3n) is 1.81. The van der Waals surface area contributed by atoms with E-state index in [1.165, 1.54) is 0 Å². The number of carbonyl (C=O) groups is 1. The first-order valence-electron chi connectivity index (χ1n) is 5.02. The Balaban J connectivity index is 2.92. The number of esters is 1. The monoisotopic (exact) mass is 240 g/mol. The van der Waals surface area contributed by atoms with Gasteiger partial charge in [0.2, 0.25) is 0 Å². The SMILES string of the molecule is CCOC(=O)/C=C(\OB(F)F)c1ccccc1. The van der Waals surface area contributed by atoms with Crippen LogP contribution in [0.3, 0.4) is 0 Å². The first-order valence-corrected chi connectivity index (χ1v) is 5.02. The molecule has 90 valence electrons. The number of halogens is 2. The Kier molecular flexibility index (Phi) is 5.19. The van der Waals surface area contributed by atoms with Gasteiger partial charge in [-0.25, -0.2) is 13.4 Å². The molecule has 0 saturated heterocycles. The summed E-state index contributed by atoms with van der Waals surface area (Å²) in [5.74, 6) is -0.925. The van der Waals surface area contributed by atoms with Gasteiger partial charge in [0.15, 0.2) is 0 Å². The third kappa shape index (κ3) is 4.67. The summed E-state index contributed by atoms with van der Waals surface area (Å²) in [7, 11) is -2.99. The van der Waals surface area contributed by atoms with Crippen LogP contribution in [0.25, 0.3) is 5.76 Å². The van der Waals surface area contributed by atoms with Crippen LogP contribution in [0.2, 0.25) is 0 Å². The highest BCUT2D eigenvalue weighted by Crippen LogP contribution is 2.17. The van der Waals surface area contributed by atoms with E-state index in [4.69, 9.17) is 0 Å². The fourth-order valence-electron chi connectivity index (χ4n) is 1.17. The Hall–Kier alpha value is -1.85. The summed E-state index contributed by atoms with van der Waals surface area (Å²) in [5, 5.41) is 0. The van der Waals surface area contributed by atoms with E-state index in [-0.39, 0.29) is 12.4 Å². The Bertz CT molecular complexity index is 393. The minimum Gasteiger partial charge on any atom is -0.504 e. The third-order valence-corrected chi connectivity index (χ3v) is 1.81. The van der Waals surface area contributed by atoms with Crippen LogP contribution in [-0.4, -0.2) is 20.0 Å². The fraction of sp³-hybridized carbons (Fsp3) is 0.182. The summed E-state index contributed by atoms with van der Waals surface area (Å²) < 4.78 is 33.3. The van der Waals surface area contributed by atoms with Gasteiger partial charge in [0.05, 0.1) is 12.7 Å². The number of hydrogen-bond donors (Lipinski definition) is 0. The van der Waals surface area contributed by atoms with Crippen molar-refractivity contribution in [3.63, 3.8) is 0 Å². The molecule has 0 fully saturated rings. The lowest BCUT2D eigenvalue weighted by Crippen LogP contribution is -2.07. The molecule has 0 unspecified atom stereocenters. The number of hydrogen-bond acceptors (Lipinski definition) is 3. The lowest BCUT2D eigenvalue weighted by atomic mass is 10.1. The molecule has 0 bridgehead atoms. The van der Waals surface area contributed by atoms with Crippen molar-refractivity contribution in [2.45, 2.75) is 6.92 Å². The lowest BCUT2D eigenvalue weighted by molar-refractivity contribution is -0.137. The molecule has 6 heteroatoms. The van der Waals surface area contributed by atoms with Crippen molar-refractivity contribution in [3.8, 4) is 0 Å². The molecule has 1 aromatic rings. The molecule has 0 saturated carbocycles. The van der Waals surface area contributed by atoms with Gasteiger partial charge in [-0.15, -0.1) is 0 Å². The minimum absolute atomic E-state index is 0.173. The molecule has 0 aliphatic rings. The van der Waals surface area contributed by atoms with Crippen LogP contribution in [0, 0.1) is 0 Å². The van der Waals surface area contributed by atoms with Gasteiger partial charge < -0.3 is 9.39 Å². The van der Waals surface area contributed by atoms with Crippen molar-refractivity contribution in [2.24, 2.45) is 0 Å². The molecule has 17 heavy (non-hydrogen) atoms. The molecule has 0 aromatic heterocycles. The van der Waals surface area contributed by atoms with Crippen molar-refractivity contribution < 1.29 is 22.8 Å². The van der Waals surface area contributed by atoms with E-state index in [1.807, 2.05) is 0 Å². The zero-order valence-electron chi connectivity index (χ0n) is 9.23. The molecule has 3 nitrogen and oxygen atoms in total. The maximum absolute atomic E-state index is 12.2. The predicted octanol–water partition coefficient (Wildman–Crippen LogP) is 2.53. The molecule has 1 rings (SSSR count). The highest BCUT2D eigenvalue weighted by atomic mass is 19.2. The van der Waals surface area contributed by atoms with Gasteiger partial charge in [-0.3, -0.25) is 0 Å². The standard InChI is InChI=1S/C11H11BF2O3/c1-2-16-11(15)8-10(17-12(13)14)9-6-4-3-5-7-9/h3-8H,2H2,1H3/b10-8-. The van der Waals surface area contributed by atoms with Crippen molar-refractivity contribution in [3.05, 3.63) is 42.0 Å². The molecule has 0 N–H and O–H groups in total. The van der Waals surface area contributed by atoms with Gasteiger partial charge in [0, 0.05) is 5.56 Å². The zero-order chi connectivity index (χ0) is 12.7. The molecular formula is C11H11BF2O3. The number of rotatable bonds is 5. The Labute approximate surface area is 98.2 Å². The molecule has 1 aromatic carbocycles. The topological polar surface area (TPSA) is 35.5 Å². The average molecular weight is 240 g/mol. The first kappa shape index (κ1) is 13.2. The summed E-state index contributed by atoms with van der Waals surface area (Å²) in [6, 6.07) is 8.17. The van der Waals surface area contributed by atoms with E-state index in [1.54, 1.807) is 37.3 Å². The number of carbonyl (C=O) groups excluding carboxylic acids is 1. The van der Waals surface area contributed by atoms with Crippen molar-refractivity contribution >= 4 is 19.2 Å². The highest BCUT2D eigenvalue weighted by molar-refractivity contribution is 6.36. The Morgan fingerprint density at radius 2 is 2.00 bits per heavy atom. The quantitative estimate of drug-likeness (QED) is 0.343. The summed E-state index contributed by atoms with van der Waals surface area (Å²) in [5.41, 5.74) is 0.390. The van der Waals surface area contributed by atoms with Gasteiger partial charge >= 0.3 is 13.4 Å². The van der Waals surface area contributed by atoms with E-state index in [0.717, 1.165) is 6.08 Å². The van der Waals surface area contributed by atoms with E-state index in [9.17, 15) is 13.4 Å². The smallest absolute Gasteiger partial charge is 0.504 e. The van der Waals surface area contributed by atoms with Gasteiger partial charge in [-0.1, -0.05) is 30.3 Å². The second-order valence-corrected chi connectivity index (χ2v) is 3.01. The second kappa shape index (κ2) is 6.68. The summed E-state index contributed by atoms with van der Waals surface area (Å²) >= 11 is 0. The molecular weight excluding hydrogens is 229 g/mol. The van der Waals surface area contributed by atoms with Crippen molar-refractivity contribution in [1.29, 1.82) is 0 Å². The van der Waals surface area contributed by atoms with Gasteiger partial charge in [0.1, 0.15) is 5.76 Å². The van der Waals surface area contributed by atoms with Crippen LogP contribution in [-0.2, 0) is 14.2 Å². The molecule has 0 heterocycles. The largest absolute Gasteiger partial charge is 0.796 e. The minimum atomic E-state index is -2.99. The normalized spacial score (nSPS) is 10.9. The van der Waals surface area contributed by atoms with E-state index < -0.39 is 13.4 Å². The summed E-state index contributed by atoms with van der Waals surface area (Å²) in [4.78, 5) is 11.2. The number of benzene rings is 1. The number of ether oxygens (including phenoxy) is 1. The first-order chi connectivity index (χ1) is 8.13. The van der Waals surface area contributed by atoms with Gasteiger partial charge in [-0.05, 0) is 6.92 Å². The Morgan fingerprint density at radius 1 is 1.35 bits per heavy atom. The van der Waals surface area contributed by atoms with Crippen LogP contribution in [0.15, 0.2) is 36.4 Å². The predicted molar refractivity (Wildman–Crippen MR) is 60.1 cm³/mol. The zero-order valence-corrected chi connectivity index (χ0v) is 9.23. The van der Waals surface area contributed by atoms with Crippen LogP contribution < -0.4 is 0 Å². The van der Waals surface area contributed by atoms with Crippen molar-refractivity contribution in [2.75, 3.05) is 6.61 Å². The van der Waals surface area contributed by atoms with Crippen LogP contribution in [0.4, 0.5) is 8.63 Å². The van der Waals surface area contributed by atoms with E-state index in [2.05, 4.69) is 9.39 Å². The fourth-order valence-corrected chi connectivity index (χ4v) is 1.17. The highest BCUT2D eigenvalue weighted by Gasteiger charge is 2.21. The van der Waals surface area contributed by atoms with Crippen LogP contribution >= 0.6 is 0 Å². The van der Waals surface area contributed by atoms with Crippen molar-refractivity contribution in [1.82, 2.24) is 0 Å². The summed E-state index contributed by atoms with van der Waals surface area (Å²) in [6.07, 6.45) is 0.908. The lowest BCUT2D eigenvalue weighted by Gasteiger charge is -2.08. The van der Waals surface area contributed by atoms with Gasteiger partial charge in [0.25, 0.3) is 0 Å². The molecule has 0 radical (unpaired) electrons. The van der Waals surface area contributed by atoms with Crippen LogP contribution in [0.1, 0.15) is 12.5 Å². The summed E-state index contributed by atoms with van der Waals surface area (Å²) in [6.45, 7) is 1.80. The van der Waals surface area contributed by atoms with E-state index in [0.29, 0.717) is 5.56 Å². The second-order valence-electron chi connectivity index (χ2n) is 3.01. The molecule has 0 atom stereocenters. The molecule has 0 spiro atoms. The maximum atomic E-state index is 12.2.